The number of carbonyl (C=O) groups is 3. The van der Waals surface area contributed by atoms with Crippen LogP contribution in [-0.4, -0.2) is 34.4 Å². The number of amides is 1. The van der Waals surface area contributed by atoms with E-state index in [0.29, 0.717) is 16.3 Å². The molecule has 1 amide bonds. The fraction of sp³-hybridized carbons (Fsp3) is 0.120. The number of ketones is 1. The Morgan fingerprint density at radius 1 is 1.29 bits per heavy atom. The van der Waals surface area contributed by atoms with Crippen LogP contribution in [0, 0.1) is 12.7 Å². The van der Waals surface area contributed by atoms with Gasteiger partial charge in [-0.3, -0.25) is 14.5 Å². The summed E-state index contributed by atoms with van der Waals surface area (Å²) in [7, 11) is 0. The lowest BCUT2D eigenvalue weighted by Gasteiger charge is -2.23. The number of nitrogens with zero attached hydrogens (tertiary/aromatic N) is 2. The van der Waals surface area contributed by atoms with Gasteiger partial charge in [0, 0.05) is 10.6 Å². The summed E-state index contributed by atoms with van der Waals surface area (Å²) in [6.45, 7) is 5.07. The Kier molecular flexibility index (Phi) is 6.81. The lowest BCUT2D eigenvalue weighted by atomic mass is 9.95. The number of anilines is 1. The van der Waals surface area contributed by atoms with Gasteiger partial charge < -0.3 is 9.84 Å². The summed E-state index contributed by atoms with van der Waals surface area (Å²) in [6.07, 6.45) is 1.42. The monoisotopic (exact) mass is 512 g/mol. The van der Waals surface area contributed by atoms with Gasteiger partial charge in [-0.15, -0.1) is 0 Å². The highest BCUT2D eigenvalue weighted by atomic mass is 35.5. The molecule has 1 atom stereocenters. The zero-order chi connectivity index (χ0) is 25.3. The number of ether oxygens (including phenoxy) is 1. The van der Waals surface area contributed by atoms with Crippen LogP contribution in [0.5, 0.6) is 0 Å². The van der Waals surface area contributed by atoms with Gasteiger partial charge in [0.05, 0.1) is 17.3 Å². The largest absolute Gasteiger partial charge is 0.507 e. The first-order valence-corrected chi connectivity index (χ1v) is 11.5. The number of thiazole rings is 1. The second kappa shape index (κ2) is 9.81. The molecule has 1 aliphatic heterocycles. The number of aromatic nitrogens is 1. The molecule has 2 heterocycles. The number of aliphatic hydroxyl groups excluding tert-OH is 1. The van der Waals surface area contributed by atoms with Crippen molar-refractivity contribution in [1.29, 1.82) is 0 Å². The predicted molar refractivity (Wildman–Crippen MR) is 130 cm³/mol. The smallest absolute Gasteiger partial charge is 0.350 e. The van der Waals surface area contributed by atoms with Crippen LogP contribution in [0.25, 0.3) is 5.76 Å². The van der Waals surface area contributed by atoms with Gasteiger partial charge in [-0.1, -0.05) is 47.7 Å². The highest BCUT2D eigenvalue weighted by Gasteiger charge is 2.48. The summed E-state index contributed by atoms with van der Waals surface area (Å²) in [6, 6.07) is 10.2. The van der Waals surface area contributed by atoms with E-state index in [2.05, 4.69) is 11.6 Å². The summed E-state index contributed by atoms with van der Waals surface area (Å²) in [5, 5.41) is 11.4. The van der Waals surface area contributed by atoms with Gasteiger partial charge in [0.25, 0.3) is 5.78 Å². The summed E-state index contributed by atoms with van der Waals surface area (Å²) in [4.78, 5) is 44.4. The standard InChI is InChI=1S/C25H18ClFN2O5S/c1-3-11-34-24(33)22-13(2)28-25(35-22)29-19(15-5-4-6-16(26)12-15)18(21(31)23(29)32)20(30)14-7-9-17(27)10-8-14/h3-10,12,19,30H,1,11H2,2H3/b20-18+. The van der Waals surface area contributed by atoms with Gasteiger partial charge in [0.1, 0.15) is 23.1 Å². The van der Waals surface area contributed by atoms with Gasteiger partial charge in [0.2, 0.25) is 0 Å². The topological polar surface area (TPSA) is 96.8 Å². The van der Waals surface area contributed by atoms with Crippen LogP contribution in [0.4, 0.5) is 9.52 Å². The molecular formula is C25H18ClFN2O5S. The number of aliphatic hydroxyl groups is 1. The van der Waals surface area contributed by atoms with E-state index in [0.717, 1.165) is 28.4 Å². The molecule has 35 heavy (non-hydrogen) atoms. The van der Waals surface area contributed by atoms with Crippen molar-refractivity contribution in [3.63, 3.8) is 0 Å². The molecule has 0 saturated carbocycles. The maximum absolute atomic E-state index is 13.4. The van der Waals surface area contributed by atoms with Crippen molar-refractivity contribution in [3.8, 4) is 0 Å². The summed E-state index contributed by atoms with van der Waals surface area (Å²) < 4.78 is 18.5. The predicted octanol–water partition coefficient (Wildman–Crippen LogP) is 5.21. The number of carbonyl (C=O) groups excluding carboxylic acids is 3. The first-order chi connectivity index (χ1) is 16.7. The number of aryl methyl sites for hydroxylation is 1. The molecule has 1 fully saturated rings. The molecule has 3 aromatic rings. The third-order valence-corrected chi connectivity index (χ3v) is 6.61. The minimum Gasteiger partial charge on any atom is -0.507 e. The van der Waals surface area contributed by atoms with Crippen LogP contribution < -0.4 is 4.90 Å². The lowest BCUT2D eigenvalue weighted by molar-refractivity contribution is -0.132. The van der Waals surface area contributed by atoms with Crippen LogP contribution in [0.3, 0.4) is 0 Å². The number of hydrogen-bond donors (Lipinski definition) is 1. The Hall–Kier alpha value is -3.82. The molecule has 1 N–H and O–H groups in total. The third-order valence-electron chi connectivity index (χ3n) is 5.24. The molecule has 2 aromatic carbocycles. The van der Waals surface area contributed by atoms with Crippen LogP contribution in [0.2, 0.25) is 5.02 Å². The second-order valence-electron chi connectivity index (χ2n) is 7.53. The molecule has 0 radical (unpaired) electrons. The van der Waals surface area contributed by atoms with Gasteiger partial charge in [-0.05, 0) is 48.9 Å². The Bertz CT molecular complexity index is 1380. The summed E-state index contributed by atoms with van der Waals surface area (Å²) >= 11 is 7.06. The molecule has 4 rings (SSSR count). The quantitative estimate of drug-likeness (QED) is 0.160. The van der Waals surface area contributed by atoms with Gasteiger partial charge in [-0.25, -0.2) is 14.2 Å². The molecule has 178 valence electrons. The Morgan fingerprint density at radius 2 is 2.00 bits per heavy atom. The summed E-state index contributed by atoms with van der Waals surface area (Å²) in [5.41, 5.74) is 0.682. The van der Waals surface area contributed by atoms with Crippen LogP contribution in [0.1, 0.15) is 32.5 Å². The number of benzene rings is 2. The maximum atomic E-state index is 13.4. The first-order valence-electron chi connectivity index (χ1n) is 10.3. The third kappa shape index (κ3) is 4.60. The van der Waals surface area contributed by atoms with Crippen molar-refractivity contribution in [1.82, 2.24) is 4.98 Å². The highest BCUT2D eigenvalue weighted by Crippen LogP contribution is 2.44. The highest BCUT2D eigenvalue weighted by molar-refractivity contribution is 7.17. The van der Waals surface area contributed by atoms with Crippen molar-refractivity contribution in [2.24, 2.45) is 0 Å². The van der Waals surface area contributed by atoms with Crippen LogP contribution in [0.15, 0.2) is 66.8 Å². The van der Waals surface area contributed by atoms with Crippen LogP contribution in [-0.2, 0) is 14.3 Å². The minimum atomic E-state index is -1.10. The molecule has 1 unspecified atom stereocenters. The Morgan fingerprint density at radius 3 is 2.66 bits per heavy atom. The molecule has 7 nitrogen and oxygen atoms in total. The van der Waals surface area contributed by atoms with E-state index >= 15 is 0 Å². The van der Waals surface area contributed by atoms with Crippen molar-refractivity contribution >= 4 is 51.5 Å². The first kappa shape index (κ1) is 24.3. The number of esters is 1. The number of rotatable bonds is 6. The zero-order valence-electron chi connectivity index (χ0n) is 18.3. The average Bonchev–Trinajstić information content (AvgIpc) is 3.34. The van der Waals surface area contributed by atoms with E-state index in [1.165, 1.54) is 18.2 Å². The minimum absolute atomic E-state index is 0.00376. The average molecular weight is 513 g/mol. The lowest BCUT2D eigenvalue weighted by Crippen LogP contribution is -2.29. The number of Topliss-reactive ketones (excluding diaryl/α,β-unsaturated/α-hetero) is 1. The van der Waals surface area contributed by atoms with E-state index in [4.69, 9.17) is 16.3 Å². The molecule has 1 aliphatic rings. The fourth-order valence-electron chi connectivity index (χ4n) is 3.66. The Labute approximate surface area is 208 Å². The van der Waals surface area contributed by atoms with Crippen molar-refractivity contribution in [2.45, 2.75) is 13.0 Å². The van der Waals surface area contributed by atoms with Gasteiger partial charge >= 0.3 is 11.9 Å². The summed E-state index contributed by atoms with van der Waals surface area (Å²) in [5.74, 6) is -3.55. The Balaban J connectivity index is 1.89. The molecule has 10 heteroatoms. The maximum Gasteiger partial charge on any atom is 0.350 e. The molecule has 1 aromatic heterocycles. The normalized spacial score (nSPS) is 17.0. The zero-order valence-corrected chi connectivity index (χ0v) is 19.9. The molecule has 1 saturated heterocycles. The van der Waals surface area contributed by atoms with Gasteiger partial charge in [0.15, 0.2) is 5.13 Å². The molecule has 0 bridgehead atoms. The van der Waals surface area contributed by atoms with E-state index in [9.17, 15) is 23.9 Å². The van der Waals surface area contributed by atoms with E-state index < -0.39 is 35.3 Å². The van der Waals surface area contributed by atoms with E-state index in [1.807, 2.05) is 0 Å². The van der Waals surface area contributed by atoms with Crippen molar-refractivity contribution < 1.29 is 28.6 Å². The second-order valence-corrected chi connectivity index (χ2v) is 8.94. The number of hydrogen-bond acceptors (Lipinski definition) is 7. The van der Waals surface area contributed by atoms with E-state index in [-0.39, 0.29) is 27.8 Å². The van der Waals surface area contributed by atoms with Crippen molar-refractivity contribution in [3.05, 3.63) is 99.3 Å². The SMILES string of the molecule is C=CCOC(=O)c1sc(N2C(=O)C(=O)/C(=C(/O)c3ccc(F)cc3)C2c2cccc(Cl)c2)nc1C. The molecule has 0 aliphatic carbocycles. The van der Waals surface area contributed by atoms with Crippen LogP contribution >= 0.6 is 22.9 Å². The van der Waals surface area contributed by atoms with Crippen molar-refractivity contribution in [2.75, 3.05) is 11.5 Å². The molecular weight excluding hydrogens is 495 g/mol. The number of halogens is 2. The van der Waals surface area contributed by atoms with Gasteiger partial charge in [-0.2, -0.15) is 0 Å². The van der Waals surface area contributed by atoms with E-state index in [1.54, 1.807) is 31.2 Å². The fourth-order valence-corrected chi connectivity index (χ4v) is 4.85. The molecule has 0 spiro atoms.